The minimum absolute atomic E-state index is 0.614. The quantitative estimate of drug-likeness (QED) is 0.719. The van der Waals surface area contributed by atoms with Crippen LogP contribution in [0.1, 0.15) is 5.82 Å². The Kier molecular flexibility index (Phi) is 1.92. The molecule has 0 spiro atoms. The van der Waals surface area contributed by atoms with Gasteiger partial charge in [-0.3, -0.25) is 4.68 Å². The molecular weight excluding hydrogens is 178 g/mol. The van der Waals surface area contributed by atoms with E-state index in [1.54, 1.807) is 24.1 Å². The molecule has 5 heteroatoms. The van der Waals surface area contributed by atoms with Gasteiger partial charge in [0.2, 0.25) is 0 Å². The molecule has 2 aromatic rings. The average Bonchev–Trinajstić information content (AvgIpc) is 2.48. The van der Waals surface area contributed by atoms with Gasteiger partial charge in [0.15, 0.2) is 0 Å². The van der Waals surface area contributed by atoms with Gasteiger partial charge in [0.25, 0.3) is 0 Å². The standard InChI is InChI=1S/C9H11N5/c1-6-11-4-3-8(13-6)7-5-12-14(2)9(7)10/h3-5H,10H2,1-2H3. The minimum Gasteiger partial charge on any atom is -0.383 e. The Balaban J connectivity index is 2.55. The average molecular weight is 189 g/mol. The molecule has 5 nitrogen and oxygen atoms in total. The van der Waals surface area contributed by atoms with Gasteiger partial charge in [-0.25, -0.2) is 9.97 Å². The first-order chi connectivity index (χ1) is 6.68. The van der Waals surface area contributed by atoms with E-state index in [1.165, 1.54) is 0 Å². The lowest BCUT2D eigenvalue weighted by molar-refractivity contribution is 0.779. The number of hydrogen-bond acceptors (Lipinski definition) is 4. The molecule has 0 fully saturated rings. The number of nitrogens with zero attached hydrogens (tertiary/aromatic N) is 4. The van der Waals surface area contributed by atoms with E-state index < -0.39 is 0 Å². The third-order valence-electron chi connectivity index (χ3n) is 2.04. The van der Waals surface area contributed by atoms with Crippen LogP contribution in [0.25, 0.3) is 11.3 Å². The summed E-state index contributed by atoms with van der Waals surface area (Å²) in [5, 5.41) is 4.05. The van der Waals surface area contributed by atoms with Crippen LogP contribution in [-0.2, 0) is 7.05 Å². The number of nitrogens with two attached hydrogens (primary N) is 1. The molecule has 0 amide bonds. The fraction of sp³-hybridized carbons (Fsp3) is 0.222. The van der Waals surface area contributed by atoms with Crippen molar-refractivity contribution >= 4 is 5.82 Å². The van der Waals surface area contributed by atoms with Gasteiger partial charge in [-0.15, -0.1) is 0 Å². The van der Waals surface area contributed by atoms with Crippen LogP contribution in [0, 0.1) is 6.92 Å². The van der Waals surface area contributed by atoms with Gasteiger partial charge < -0.3 is 5.73 Å². The maximum atomic E-state index is 5.82. The Labute approximate surface area is 81.6 Å². The van der Waals surface area contributed by atoms with Gasteiger partial charge in [-0.1, -0.05) is 0 Å². The van der Waals surface area contributed by atoms with E-state index in [0.717, 1.165) is 17.1 Å². The van der Waals surface area contributed by atoms with E-state index in [2.05, 4.69) is 15.1 Å². The summed E-state index contributed by atoms with van der Waals surface area (Å²) in [6, 6.07) is 1.82. The summed E-state index contributed by atoms with van der Waals surface area (Å²) in [5.41, 5.74) is 7.48. The topological polar surface area (TPSA) is 69.6 Å². The molecule has 72 valence electrons. The summed E-state index contributed by atoms with van der Waals surface area (Å²) in [6.07, 6.45) is 3.42. The molecule has 0 aromatic carbocycles. The lowest BCUT2D eigenvalue weighted by Gasteiger charge is -2.00. The number of rotatable bonds is 1. The van der Waals surface area contributed by atoms with Crippen LogP contribution >= 0.6 is 0 Å². The van der Waals surface area contributed by atoms with E-state index in [-0.39, 0.29) is 0 Å². The van der Waals surface area contributed by atoms with Crippen molar-refractivity contribution in [2.75, 3.05) is 5.73 Å². The molecule has 0 unspecified atom stereocenters. The molecule has 2 heterocycles. The highest BCUT2D eigenvalue weighted by atomic mass is 15.3. The van der Waals surface area contributed by atoms with Gasteiger partial charge >= 0.3 is 0 Å². The summed E-state index contributed by atoms with van der Waals surface area (Å²) < 4.78 is 1.62. The van der Waals surface area contributed by atoms with Crippen LogP contribution in [-0.4, -0.2) is 19.7 Å². The highest BCUT2D eigenvalue weighted by Crippen LogP contribution is 2.22. The van der Waals surface area contributed by atoms with Gasteiger partial charge in [0.05, 0.1) is 17.5 Å². The molecule has 2 aromatic heterocycles. The van der Waals surface area contributed by atoms with Gasteiger partial charge in [-0.05, 0) is 13.0 Å². The van der Waals surface area contributed by atoms with Gasteiger partial charge in [0.1, 0.15) is 11.6 Å². The van der Waals surface area contributed by atoms with E-state index in [9.17, 15) is 0 Å². The Morgan fingerprint density at radius 1 is 1.43 bits per heavy atom. The summed E-state index contributed by atoms with van der Waals surface area (Å²) >= 11 is 0. The van der Waals surface area contributed by atoms with Crippen LogP contribution < -0.4 is 5.73 Å². The first-order valence-corrected chi connectivity index (χ1v) is 4.26. The lowest BCUT2D eigenvalue weighted by Crippen LogP contribution is -1.99. The van der Waals surface area contributed by atoms with Crippen molar-refractivity contribution in [1.82, 2.24) is 19.7 Å². The molecule has 0 bridgehead atoms. The smallest absolute Gasteiger partial charge is 0.130 e. The summed E-state index contributed by atoms with van der Waals surface area (Å²) in [5.74, 6) is 1.34. The van der Waals surface area contributed by atoms with Crippen LogP contribution in [0.2, 0.25) is 0 Å². The molecule has 0 saturated carbocycles. The number of aromatic nitrogens is 4. The minimum atomic E-state index is 0.614. The van der Waals surface area contributed by atoms with Crippen LogP contribution in [0.4, 0.5) is 5.82 Å². The summed E-state index contributed by atoms with van der Waals surface area (Å²) in [7, 11) is 1.80. The zero-order valence-corrected chi connectivity index (χ0v) is 8.10. The van der Waals surface area contributed by atoms with Gasteiger partial charge in [0, 0.05) is 13.2 Å². The first-order valence-electron chi connectivity index (χ1n) is 4.26. The highest BCUT2D eigenvalue weighted by Gasteiger charge is 2.08. The first kappa shape index (κ1) is 8.68. The highest BCUT2D eigenvalue weighted by molar-refractivity contribution is 5.70. The van der Waals surface area contributed by atoms with Crippen LogP contribution in [0.15, 0.2) is 18.5 Å². The van der Waals surface area contributed by atoms with Crippen molar-refractivity contribution in [2.45, 2.75) is 6.92 Å². The SMILES string of the molecule is Cc1nccc(-c2cnn(C)c2N)n1. The normalized spacial score (nSPS) is 10.4. The van der Waals surface area contributed by atoms with E-state index >= 15 is 0 Å². The molecule has 0 atom stereocenters. The van der Waals surface area contributed by atoms with E-state index in [4.69, 9.17) is 5.73 Å². The number of hydrogen-bond donors (Lipinski definition) is 1. The molecule has 14 heavy (non-hydrogen) atoms. The maximum absolute atomic E-state index is 5.82. The predicted octanol–water partition coefficient (Wildman–Crippen LogP) is 0.768. The second kappa shape index (κ2) is 3.10. The van der Waals surface area contributed by atoms with Crippen LogP contribution in [0.5, 0.6) is 0 Å². The number of anilines is 1. The molecule has 2 rings (SSSR count). The summed E-state index contributed by atoms with van der Waals surface area (Å²) in [6.45, 7) is 1.84. The third kappa shape index (κ3) is 1.32. The molecule has 2 N–H and O–H groups in total. The molecule has 0 radical (unpaired) electrons. The number of nitrogen functional groups attached to an aromatic ring is 1. The maximum Gasteiger partial charge on any atom is 0.130 e. The van der Waals surface area contributed by atoms with Crippen molar-refractivity contribution in [1.29, 1.82) is 0 Å². The Morgan fingerprint density at radius 3 is 2.79 bits per heavy atom. The van der Waals surface area contributed by atoms with Crippen molar-refractivity contribution < 1.29 is 0 Å². The molecular formula is C9H11N5. The number of aryl methyl sites for hydroxylation is 2. The van der Waals surface area contributed by atoms with Gasteiger partial charge in [-0.2, -0.15) is 5.10 Å². The molecule has 0 aliphatic heterocycles. The fourth-order valence-electron chi connectivity index (χ4n) is 1.25. The molecule has 0 aliphatic rings. The second-order valence-corrected chi connectivity index (χ2v) is 3.06. The van der Waals surface area contributed by atoms with Crippen molar-refractivity contribution in [3.05, 3.63) is 24.3 Å². The Morgan fingerprint density at radius 2 is 2.21 bits per heavy atom. The monoisotopic (exact) mass is 189 g/mol. The Hall–Kier alpha value is -1.91. The fourth-order valence-corrected chi connectivity index (χ4v) is 1.25. The summed E-state index contributed by atoms with van der Waals surface area (Å²) in [4.78, 5) is 8.30. The molecule has 0 saturated heterocycles. The Bertz CT molecular complexity index is 460. The zero-order chi connectivity index (χ0) is 10.1. The predicted molar refractivity (Wildman–Crippen MR) is 53.4 cm³/mol. The van der Waals surface area contributed by atoms with Crippen molar-refractivity contribution in [3.8, 4) is 11.3 Å². The van der Waals surface area contributed by atoms with E-state index in [1.807, 2.05) is 13.0 Å². The lowest BCUT2D eigenvalue weighted by atomic mass is 10.2. The third-order valence-corrected chi connectivity index (χ3v) is 2.04. The molecule has 0 aliphatic carbocycles. The zero-order valence-electron chi connectivity index (χ0n) is 8.10. The second-order valence-electron chi connectivity index (χ2n) is 3.06. The van der Waals surface area contributed by atoms with E-state index in [0.29, 0.717) is 5.82 Å². The largest absolute Gasteiger partial charge is 0.383 e. The van der Waals surface area contributed by atoms with Crippen molar-refractivity contribution in [3.63, 3.8) is 0 Å². The van der Waals surface area contributed by atoms with Crippen LogP contribution in [0.3, 0.4) is 0 Å². The van der Waals surface area contributed by atoms with Crippen molar-refractivity contribution in [2.24, 2.45) is 7.05 Å².